The van der Waals surface area contributed by atoms with E-state index in [1.807, 2.05) is 12.1 Å². The second-order valence-electron chi connectivity index (χ2n) is 4.65. The van der Waals surface area contributed by atoms with Crippen LogP contribution in [-0.4, -0.2) is 22.3 Å². The molecule has 3 unspecified atom stereocenters. The van der Waals surface area contributed by atoms with Crippen LogP contribution in [0.2, 0.25) is 0 Å². The molecule has 0 saturated carbocycles. The lowest BCUT2D eigenvalue weighted by atomic mass is 10.0. The minimum absolute atomic E-state index is 0.206. The normalized spacial score (nSPS) is 16.2. The van der Waals surface area contributed by atoms with Crippen LogP contribution in [0.4, 0.5) is 4.39 Å². The Morgan fingerprint density at radius 2 is 1.94 bits per heavy atom. The molecular weight excluding hydrogens is 249 g/mol. The summed E-state index contributed by atoms with van der Waals surface area (Å²) in [5.74, 6) is 0.511. The van der Waals surface area contributed by atoms with Crippen molar-refractivity contribution in [2.24, 2.45) is 0 Å². The van der Waals surface area contributed by atoms with Crippen molar-refractivity contribution in [3.8, 4) is 0 Å². The summed E-state index contributed by atoms with van der Waals surface area (Å²) in [6.07, 6.45) is 3.57. The van der Waals surface area contributed by atoms with E-state index >= 15 is 0 Å². The van der Waals surface area contributed by atoms with Crippen LogP contribution in [0, 0.1) is 5.82 Å². The number of benzene rings is 1. The first kappa shape index (κ1) is 15.3. The van der Waals surface area contributed by atoms with Gasteiger partial charge in [-0.25, -0.2) is 4.39 Å². The number of hydrogen-bond acceptors (Lipinski definition) is 2. The number of nitrogens with one attached hydrogen (secondary N) is 1. The van der Waals surface area contributed by atoms with Gasteiger partial charge < -0.3 is 5.32 Å². The summed E-state index contributed by atoms with van der Waals surface area (Å²) < 4.78 is 23.9. The van der Waals surface area contributed by atoms with Gasteiger partial charge in [-0.1, -0.05) is 19.1 Å². The molecule has 0 bridgehead atoms. The highest BCUT2D eigenvalue weighted by Gasteiger charge is 2.12. The highest BCUT2D eigenvalue weighted by Crippen LogP contribution is 2.18. The van der Waals surface area contributed by atoms with E-state index in [2.05, 4.69) is 19.2 Å². The Kier molecular flexibility index (Phi) is 6.50. The molecule has 3 atom stereocenters. The molecule has 0 saturated heterocycles. The van der Waals surface area contributed by atoms with Crippen LogP contribution >= 0.6 is 0 Å². The minimum Gasteiger partial charge on any atom is -0.307 e. The topological polar surface area (TPSA) is 29.1 Å². The molecule has 0 aliphatic rings. The summed E-state index contributed by atoms with van der Waals surface area (Å²) >= 11 is 0. The fraction of sp³-hybridized carbons (Fsp3) is 0.571. The number of rotatable bonds is 7. The lowest BCUT2D eigenvalue weighted by molar-refractivity contribution is 0.438. The van der Waals surface area contributed by atoms with E-state index in [1.165, 1.54) is 12.1 Å². The third kappa shape index (κ3) is 5.27. The van der Waals surface area contributed by atoms with E-state index < -0.39 is 10.8 Å². The van der Waals surface area contributed by atoms with E-state index in [0.717, 1.165) is 18.4 Å². The molecule has 18 heavy (non-hydrogen) atoms. The van der Waals surface area contributed by atoms with Crippen molar-refractivity contribution in [1.29, 1.82) is 0 Å². The first-order valence-corrected chi connectivity index (χ1v) is 8.07. The van der Waals surface area contributed by atoms with E-state index in [-0.39, 0.29) is 11.9 Å². The molecule has 0 fully saturated rings. The van der Waals surface area contributed by atoms with E-state index in [9.17, 15) is 8.60 Å². The molecule has 102 valence electrons. The van der Waals surface area contributed by atoms with Gasteiger partial charge in [-0.3, -0.25) is 4.21 Å². The Bertz CT molecular complexity index is 380. The predicted octanol–water partition coefficient (Wildman–Crippen LogP) is 3.02. The molecule has 0 aliphatic heterocycles. The van der Waals surface area contributed by atoms with Gasteiger partial charge in [-0.15, -0.1) is 0 Å². The largest absolute Gasteiger partial charge is 0.307 e. The highest BCUT2D eigenvalue weighted by molar-refractivity contribution is 7.84. The van der Waals surface area contributed by atoms with Gasteiger partial charge in [0.2, 0.25) is 0 Å². The fourth-order valence-electron chi connectivity index (χ4n) is 1.91. The highest BCUT2D eigenvalue weighted by atomic mass is 32.2. The molecule has 0 amide bonds. The Balaban J connectivity index is 2.56. The van der Waals surface area contributed by atoms with Crippen molar-refractivity contribution >= 4 is 10.8 Å². The Labute approximate surface area is 111 Å². The predicted molar refractivity (Wildman–Crippen MR) is 75.6 cm³/mol. The van der Waals surface area contributed by atoms with E-state index in [1.54, 1.807) is 6.26 Å². The molecule has 0 aliphatic carbocycles. The monoisotopic (exact) mass is 271 g/mol. The molecular formula is C14H22FNOS. The van der Waals surface area contributed by atoms with Crippen molar-refractivity contribution in [2.75, 3.05) is 12.0 Å². The first-order valence-electron chi connectivity index (χ1n) is 6.34. The molecule has 1 aromatic rings. The zero-order valence-electron chi connectivity index (χ0n) is 11.3. The van der Waals surface area contributed by atoms with Crippen LogP contribution in [0.5, 0.6) is 0 Å². The third-order valence-corrected chi connectivity index (χ3v) is 3.82. The molecule has 1 N–H and O–H groups in total. The molecule has 0 aromatic heterocycles. The summed E-state index contributed by atoms with van der Waals surface area (Å²) in [6, 6.07) is 7.16. The zero-order valence-corrected chi connectivity index (χ0v) is 12.1. The average molecular weight is 271 g/mol. The number of halogens is 1. The lowest BCUT2D eigenvalue weighted by Gasteiger charge is -2.22. The SMILES string of the molecule is CCC(NC(C)CCS(C)=O)c1ccc(F)cc1. The van der Waals surface area contributed by atoms with Crippen molar-refractivity contribution in [2.45, 2.75) is 38.8 Å². The summed E-state index contributed by atoms with van der Waals surface area (Å²) in [6.45, 7) is 4.20. The molecule has 4 heteroatoms. The van der Waals surface area contributed by atoms with Crippen LogP contribution in [0.1, 0.15) is 38.3 Å². The third-order valence-electron chi connectivity index (χ3n) is 3.00. The second kappa shape index (κ2) is 7.64. The summed E-state index contributed by atoms with van der Waals surface area (Å²) in [4.78, 5) is 0. The van der Waals surface area contributed by atoms with Crippen molar-refractivity contribution in [3.05, 3.63) is 35.6 Å². The maximum absolute atomic E-state index is 12.9. The zero-order chi connectivity index (χ0) is 13.5. The quantitative estimate of drug-likeness (QED) is 0.826. The van der Waals surface area contributed by atoms with Crippen LogP contribution < -0.4 is 5.32 Å². The minimum atomic E-state index is -0.740. The summed E-state index contributed by atoms with van der Waals surface area (Å²) in [7, 11) is -0.740. The standard InChI is InChI=1S/C14H22FNOS/c1-4-14(12-5-7-13(15)8-6-12)16-11(2)9-10-18(3)17/h5-8,11,14,16H,4,9-10H2,1-3H3. The van der Waals surface area contributed by atoms with E-state index in [4.69, 9.17) is 0 Å². The second-order valence-corrected chi connectivity index (χ2v) is 6.20. The van der Waals surface area contributed by atoms with E-state index in [0.29, 0.717) is 11.8 Å². The van der Waals surface area contributed by atoms with Crippen LogP contribution in [-0.2, 0) is 10.8 Å². The van der Waals surface area contributed by atoms with Crippen molar-refractivity contribution in [1.82, 2.24) is 5.32 Å². The average Bonchev–Trinajstić information content (AvgIpc) is 2.34. The van der Waals surface area contributed by atoms with Crippen molar-refractivity contribution < 1.29 is 8.60 Å². The lowest BCUT2D eigenvalue weighted by Crippen LogP contribution is -2.31. The van der Waals surface area contributed by atoms with Gasteiger partial charge >= 0.3 is 0 Å². The van der Waals surface area contributed by atoms with Gasteiger partial charge in [-0.05, 0) is 37.5 Å². The maximum atomic E-state index is 12.9. The Hall–Kier alpha value is -0.740. The van der Waals surface area contributed by atoms with Gasteiger partial charge in [-0.2, -0.15) is 0 Å². The summed E-state index contributed by atoms with van der Waals surface area (Å²) in [5.41, 5.74) is 1.10. The molecule has 1 aromatic carbocycles. The number of hydrogen-bond donors (Lipinski definition) is 1. The van der Waals surface area contributed by atoms with Crippen LogP contribution in [0.25, 0.3) is 0 Å². The smallest absolute Gasteiger partial charge is 0.123 e. The maximum Gasteiger partial charge on any atom is 0.123 e. The van der Waals surface area contributed by atoms with Gasteiger partial charge in [0.05, 0.1) is 0 Å². The molecule has 2 nitrogen and oxygen atoms in total. The molecule has 0 heterocycles. The van der Waals surface area contributed by atoms with Crippen LogP contribution in [0.15, 0.2) is 24.3 Å². The fourth-order valence-corrected chi connectivity index (χ4v) is 2.60. The molecule has 0 radical (unpaired) electrons. The first-order chi connectivity index (χ1) is 8.52. The molecule has 0 spiro atoms. The van der Waals surface area contributed by atoms with Crippen LogP contribution in [0.3, 0.4) is 0 Å². The van der Waals surface area contributed by atoms with Crippen molar-refractivity contribution in [3.63, 3.8) is 0 Å². The Morgan fingerprint density at radius 3 is 2.44 bits per heavy atom. The van der Waals surface area contributed by atoms with Gasteiger partial charge in [0, 0.05) is 34.9 Å². The Morgan fingerprint density at radius 1 is 1.33 bits per heavy atom. The summed E-state index contributed by atoms with van der Waals surface area (Å²) in [5, 5.41) is 3.50. The van der Waals surface area contributed by atoms with Gasteiger partial charge in [0.15, 0.2) is 0 Å². The molecule has 1 rings (SSSR count). The van der Waals surface area contributed by atoms with Gasteiger partial charge in [0.25, 0.3) is 0 Å². The van der Waals surface area contributed by atoms with Gasteiger partial charge in [0.1, 0.15) is 5.82 Å².